The second-order valence-electron chi connectivity index (χ2n) is 1.43. The molecule has 0 aromatic rings. The first-order valence-corrected chi connectivity index (χ1v) is 3.54. The fraction of sp³-hybridized carbons (Fsp3) is 0.500. The smallest absolute Gasteiger partial charge is 0.0766 e. The minimum absolute atomic E-state index is 0.384. The molecule has 0 bridgehead atoms. The Hall–Kier alpha value is -0.0400. The largest absolute Gasteiger partial charge is 0.389 e. The van der Waals surface area contributed by atoms with Gasteiger partial charge in [-0.1, -0.05) is 15.9 Å². The van der Waals surface area contributed by atoms with Gasteiger partial charge in [0.2, 0.25) is 0 Å². The zero-order chi connectivity index (χ0) is 6.41. The van der Waals surface area contributed by atoms with Gasteiger partial charge in [0.15, 0.2) is 0 Å². The van der Waals surface area contributed by atoms with Crippen molar-refractivity contribution in [2.75, 3.05) is 5.33 Å². The number of rotatable bonds is 2. The SMILES string of the molecule is CC(O)C=C=CCBr. The third-order valence-corrected chi connectivity index (χ3v) is 0.856. The van der Waals surface area contributed by atoms with Gasteiger partial charge in [0.1, 0.15) is 0 Å². The minimum atomic E-state index is -0.384. The van der Waals surface area contributed by atoms with E-state index in [1.807, 2.05) is 0 Å². The second kappa shape index (κ2) is 5.10. The van der Waals surface area contributed by atoms with Crippen LogP contribution in [0.15, 0.2) is 17.9 Å². The Morgan fingerprint density at radius 3 is 2.88 bits per heavy atom. The predicted octanol–water partition coefficient (Wildman–Crippen LogP) is 1.47. The Morgan fingerprint density at radius 2 is 2.50 bits per heavy atom. The number of aliphatic hydroxyl groups excluding tert-OH is 1. The van der Waals surface area contributed by atoms with Gasteiger partial charge < -0.3 is 5.11 Å². The lowest BCUT2D eigenvalue weighted by molar-refractivity contribution is 0.244. The Morgan fingerprint density at radius 1 is 1.88 bits per heavy atom. The topological polar surface area (TPSA) is 20.2 Å². The summed E-state index contributed by atoms with van der Waals surface area (Å²) in [6.07, 6.45) is 3.01. The monoisotopic (exact) mass is 176 g/mol. The third-order valence-electron chi connectivity index (χ3n) is 0.532. The van der Waals surface area contributed by atoms with E-state index < -0.39 is 0 Å². The molecule has 1 atom stereocenters. The molecule has 46 valence electrons. The summed E-state index contributed by atoms with van der Waals surface area (Å²) < 4.78 is 0. The molecule has 0 spiro atoms. The van der Waals surface area contributed by atoms with E-state index in [1.54, 1.807) is 19.1 Å². The standard InChI is InChI=1S/C6H9BrO/c1-6(8)4-2-3-5-7/h3-4,6,8H,5H2,1H3. The van der Waals surface area contributed by atoms with Gasteiger partial charge in [0.25, 0.3) is 0 Å². The van der Waals surface area contributed by atoms with Crippen molar-refractivity contribution in [2.45, 2.75) is 13.0 Å². The van der Waals surface area contributed by atoms with Crippen LogP contribution in [0.1, 0.15) is 6.92 Å². The molecule has 0 aromatic carbocycles. The summed E-state index contributed by atoms with van der Waals surface area (Å²) in [6, 6.07) is 0. The zero-order valence-electron chi connectivity index (χ0n) is 4.76. The number of hydrogen-bond acceptors (Lipinski definition) is 1. The average Bonchev–Trinajstić information content (AvgIpc) is 1.66. The quantitative estimate of drug-likeness (QED) is 0.500. The molecule has 0 aliphatic heterocycles. The maximum atomic E-state index is 8.63. The Balaban J connectivity index is 3.47. The van der Waals surface area contributed by atoms with Gasteiger partial charge >= 0.3 is 0 Å². The summed E-state index contributed by atoms with van der Waals surface area (Å²) in [6.45, 7) is 1.69. The molecule has 8 heavy (non-hydrogen) atoms. The van der Waals surface area contributed by atoms with Gasteiger partial charge in [-0.05, 0) is 19.1 Å². The normalized spacial score (nSPS) is 11.9. The molecule has 0 radical (unpaired) electrons. The van der Waals surface area contributed by atoms with E-state index in [1.165, 1.54) is 0 Å². The van der Waals surface area contributed by atoms with Crippen molar-refractivity contribution in [2.24, 2.45) is 0 Å². The minimum Gasteiger partial charge on any atom is -0.389 e. The summed E-state index contributed by atoms with van der Waals surface area (Å²) in [7, 11) is 0. The van der Waals surface area contributed by atoms with Crippen molar-refractivity contribution in [3.05, 3.63) is 17.9 Å². The van der Waals surface area contributed by atoms with Crippen LogP contribution in [0.2, 0.25) is 0 Å². The molecular weight excluding hydrogens is 168 g/mol. The molecule has 1 nitrogen and oxygen atoms in total. The molecule has 0 heterocycles. The number of alkyl halides is 1. The lowest BCUT2D eigenvalue weighted by Gasteiger charge is -1.85. The van der Waals surface area contributed by atoms with Crippen molar-refractivity contribution in [3.8, 4) is 0 Å². The van der Waals surface area contributed by atoms with E-state index in [0.717, 1.165) is 5.33 Å². The molecule has 1 N–H and O–H groups in total. The van der Waals surface area contributed by atoms with Crippen LogP contribution in [0.3, 0.4) is 0 Å². The van der Waals surface area contributed by atoms with Crippen molar-refractivity contribution in [1.29, 1.82) is 0 Å². The summed E-state index contributed by atoms with van der Waals surface area (Å²) in [5.74, 6) is 0. The summed E-state index contributed by atoms with van der Waals surface area (Å²) in [5, 5.41) is 9.41. The molecular formula is C6H9BrO. The van der Waals surface area contributed by atoms with Gasteiger partial charge in [0, 0.05) is 5.33 Å². The maximum Gasteiger partial charge on any atom is 0.0766 e. The first-order valence-electron chi connectivity index (χ1n) is 2.42. The van der Waals surface area contributed by atoms with E-state index in [-0.39, 0.29) is 6.10 Å². The Kier molecular flexibility index (Phi) is 5.08. The molecule has 1 unspecified atom stereocenters. The van der Waals surface area contributed by atoms with Gasteiger partial charge in [-0.15, -0.1) is 5.73 Å². The first-order chi connectivity index (χ1) is 3.77. The maximum absolute atomic E-state index is 8.63. The molecule has 2 heteroatoms. The predicted molar refractivity (Wildman–Crippen MR) is 38.1 cm³/mol. The lowest BCUT2D eigenvalue weighted by atomic mass is 10.4. The van der Waals surface area contributed by atoms with Crippen molar-refractivity contribution in [1.82, 2.24) is 0 Å². The van der Waals surface area contributed by atoms with Crippen LogP contribution in [-0.2, 0) is 0 Å². The van der Waals surface area contributed by atoms with Gasteiger partial charge in [-0.3, -0.25) is 0 Å². The lowest BCUT2D eigenvalue weighted by Crippen LogP contribution is -1.89. The van der Waals surface area contributed by atoms with E-state index >= 15 is 0 Å². The molecule has 0 aliphatic rings. The Bertz CT molecular complexity index is 101. The second-order valence-corrected chi connectivity index (χ2v) is 2.08. The molecule has 0 rings (SSSR count). The average molecular weight is 177 g/mol. The molecule has 0 saturated heterocycles. The van der Waals surface area contributed by atoms with Crippen LogP contribution in [-0.4, -0.2) is 16.5 Å². The number of halogens is 1. The van der Waals surface area contributed by atoms with Gasteiger partial charge in [-0.25, -0.2) is 0 Å². The number of aliphatic hydroxyl groups is 1. The van der Waals surface area contributed by atoms with Crippen LogP contribution in [0.5, 0.6) is 0 Å². The molecule has 0 aromatic heterocycles. The fourth-order valence-corrected chi connectivity index (χ4v) is 0.439. The number of hydrogen-bond donors (Lipinski definition) is 1. The van der Waals surface area contributed by atoms with Crippen molar-refractivity contribution < 1.29 is 5.11 Å². The van der Waals surface area contributed by atoms with Crippen LogP contribution >= 0.6 is 15.9 Å². The Labute approximate surface area is 57.8 Å². The highest BCUT2D eigenvalue weighted by Gasteiger charge is 1.78. The highest BCUT2D eigenvalue weighted by molar-refractivity contribution is 9.09. The molecule has 0 fully saturated rings. The summed E-state index contributed by atoms with van der Waals surface area (Å²) in [5.41, 5.74) is 2.79. The van der Waals surface area contributed by atoms with Crippen molar-refractivity contribution in [3.63, 3.8) is 0 Å². The molecule has 0 aliphatic carbocycles. The molecule has 0 amide bonds. The van der Waals surface area contributed by atoms with Gasteiger partial charge in [-0.2, -0.15) is 0 Å². The zero-order valence-corrected chi connectivity index (χ0v) is 6.35. The highest BCUT2D eigenvalue weighted by atomic mass is 79.9. The highest BCUT2D eigenvalue weighted by Crippen LogP contribution is 1.81. The third kappa shape index (κ3) is 5.96. The van der Waals surface area contributed by atoms with Crippen LogP contribution in [0, 0.1) is 0 Å². The van der Waals surface area contributed by atoms with Crippen LogP contribution in [0.4, 0.5) is 0 Å². The molecule has 0 saturated carbocycles. The van der Waals surface area contributed by atoms with E-state index in [9.17, 15) is 0 Å². The van der Waals surface area contributed by atoms with Crippen molar-refractivity contribution >= 4 is 15.9 Å². The first kappa shape index (κ1) is 7.96. The van der Waals surface area contributed by atoms with Gasteiger partial charge in [0.05, 0.1) is 6.10 Å². The van der Waals surface area contributed by atoms with Crippen LogP contribution < -0.4 is 0 Å². The summed E-state index contributed by atoms with van der Waals surface area (Å²) in [4.78, 5) is 0. The van der Waals surface area contributed by atoms with E-state index in [2.05, 4.69) is 21.7 Å². The van der Waals surface area contributed by atoms with Crippen LogP contribution in [0.25, 0.3) is 0 Å². The fourth-order valence-electron chi connectivity index (χ4n) is 0.252. The van der Waals surface area contributed by atoms with E-state index in [0.29, 0.717) is 0 Å². The summed E-state index contributed by atoms with van der Waals surface area (Å²) >= 11 is 3.18. The van der Waals surface area contributed by atoms with E-state index in [4.69, 9.17) is 5.11 Å².